The lowest BCUT2D eigenvalue weighted by Crippen LogP contribution is -2.41. The maximum absolute atomic E-state index is 14.0. The third-order valence-electron chi connectivity index (χ3n) is 5.63. The first-order valence-corrected chi connectivity index (χ1v) is 9.68. The summed E-state index contributed by atoms with van der Waals surface area (Å²) in [7, 11) is 0. The molecule has 2 aromatic rings. The van der Waals surface area contributed by atoms with Crippen LogP contribution in [0.3, 0.4) is 0 Å². The maximum Gasteiger partial charge on any atom is 0.149 e. The molecule has 0 spiro atoms. The van der Waals surface area contributed by atoms with Crippen LogP contribution in [0, 0.1) is 11.7 Å². The number of halogens is 1. The van der Waals surface area contributed by atoms with E-state index in [1.807, 2.05) is 6.07 Å². The second-order valence-corrected chi connectivity index (χ2v) is 7.50. The van der Waals surface area contributed by atoms with Crippen molar-refractivity contribution < 1.29 is 4.39 Å². The van der Waals surface area contributed by atoms with Gasteiger partial charge < -0.3 is 9.80 Å². The van der Waals surface area contributed by atoms with E-state index in [1.54, 1.807) is 6.07 Å². The number of hydrogen-bond acceptors (Lipinski definition) is 4. The highest BCUT2D eigenvalue weighted by molar-refractivity contribution is 5.89. The van der Waals surface area contributed by atoms with Crippen LogP contribution in [0.1, 0.15) is 38.5 Å². The van der Waals surface area contributed by atoms with Gasteiger partial charge in [0.25, 0.3) is 0 Å². The van der Waals surface area contributed by atoms with E-state index in [-0.39, 0.29) is 5.82 Å². The smallest absolute Gasteiger partial charge is 0.149 e. The summed E-state index contributed by atoms with van der Waals surface area (Å²) in [5, 5.41) is 0.831. The number of rotatable bonds is 3. The van der Waals surface area contributed by atoms with Gasteiger partial charge in [-0.15, -0.1) is 0 Å². The zero-order chi connectivity index (χ0) is 17.1. The molecule has 0 bridgehead atoms. The zero-order valence-corrected chi connectivity index (χ0v) is 14.8. The summed E-state index contributed by atoms with van der Waals surface area (Å²) in [6, 6.07) is 5.16. The fraction of sp³-hybridized carbons (Fsp3) is 0.600. The van der Waals surface area contributed by atoms with Crippen LogP contribution >= 0.6 is 0 Å². The number of nitrogens with zero attached hydrogens (tertiary/aromatic N) is 4. The van der Waals surface area contributed by atoms with Crippen molar-refractivity contribution in [2.24, 2.45) is 5.92 Å². The number of anilines is 1. The van der Waals surface area contributed by atoms with Crippen molar-refractivity contribution in [1.82, 2.24) is 14.9 Å². The van der Waals surface area contributed by atoms with Crippen LogP contribution in [0.15, 0.2) is 24.5 Å². The number of fused-ring (bicyclic) bond motifs is 1. The molecule has 1 unspecified atom stereocenters. The van der Waals surface area contributed by atoms with E-state index in [1.165, 1.54) is 70.6 Å². The van der Waals surface area contributed by atoms with Crippen molar-refractivity contribution >= 4 is 16.7 Å². The van der Waals surface area contributed by atoms with E-state index >= 15 is 0 Å². The highest BCUT2D eigenvalue weighted by Gasteiger charge is 2.24. The molecule has 0 radical (unpaired) electrons. The number of para-hydroxylation sites is 1. The Kier molecular flexibility index (Phi) is 5.11. The largest absolute Gasteiger partial charge is 0.356 e. The first-order chi connectivity index (χ1) is 12.3. The highest BCUT2D eigenvalue weighted by atomic mass is 19.1. The Hall–Kier alpha value is -1.75. The van der Waals surface area contributed by atoms with Gasteiger partial charge >= 0.3 is 0 Å². The Morgan fingerprint density at radius 3 is 2.68 bits per heavy atom. The van der Waals surface area contributed by atoms with Crippen molar-refractivity contribution in [3.05, 3.63) is 30.3 Å². The second kappa shape index (κ2) is 7.65. The molecule has 0 aliphatic carbocycles. The summed E-state index contributed by atoms with van der Waals surface area (Å²) in [4.78, 5) is 13.6. The molecule has 0 N–H and O–H groups in total. The summed E-state index contributed by atoms with van der Waals surface area (Å²) < 4.78 is 14.0. The van der Waals surface area contributed by atoms with Gasteiger partial charge in [0.1, 0.15) is 23.5 Å². The lowest BCUT2D eigenvalue weighted by Gasteiger charge is -2.36. The van der Waals surface area contributed by atoms with E-state index in [0.717, 1.165) is 24.3 Å². The predicted molar refractivity (Wildman–Crippen MR) is 99.3 cm³/mol. The molecule has 1 atom stereocenters. The molecule has 0 amide bonds. The molecule has 3 heterocycles. The van der Waals surface area contributed by atoms with Gasteiger partial charge in [-0.25, -0.2) is 14.4 Å². The first-order valence-electron chi connectivity index (χ1n) is 9.68. The van der Waals surface area contributed by atoms with Crippen LogP contribution in [-0.4, -0.2) is 47.6 Å². The summed E-state index contributed by atoms with van der Waals surface area (Å²) in [5.41, 5.74) is 0.433. The van der Waals surface area contributed by atoms with Gasteiger partial charge in [0.2, 0.25) is 0 Å². The molecule has 5 heteroatoms. The lowest BCUT2D eigenvalue weighted by atomic mass is 9.97. The van der Waals surface area contributed by atoms with Gasteiger partial charge in [-0.3, -0.25) is 0 Å². The molecule has 25 heavy (non-hydrogen) atoms. The molecule has 0 saturated carbocycles. The summed E-state index contributed by atoms with van der Waals surface area (Å²) in [5.74, 6) is 1.30. The maximum atomic E-state index is 14.0. The average molecular weight is 342 g/mol. The van der Waals surface area contributed by atoms with E-state index in [9.17, 15) is 4.39 Å². The van der Waals surface area contributed by atoms with E-state index in [4.69, 9.17) is 0 Å². The number of benzene rings is 1. The molecule has 2 fully saturated rings. The van der Waals surface area contributed by atoms with Crippen LogP contribution in [0.5, 0.6) is 0 Å². The minimum Gasteiger partial charge on any atom is -0.356 e. The molecular formula is C20H27FN4. The molecule has 2 aliphatic rings. The molecule has 1 aromatic carbocycles. The number of likely N-dealkylation sites (tertiary alicyclic amines) is 1. The van der Waals surface area contributed by atoms with Gasteiger partial charge in [-0.2, -0.15) is 0 Å². The van der Waals surface area contributed by atoms with Gasteiger partial charge in [-0.05, 0) is 56.8 Å². The molecular weight excluding hydrogens is 315 g/mol. The number of aromatic nitrogens is 2. The minimum atomic E-state index is -0.265. The van der Waals surface area contributed by atoms with Crippen molar-refractivity contribution in [2.45, 2.75) is 38.5 Å². The molecule has 4 rings (SSSR count). The Morgan fingerprint density at radius 2 is 1.84 bits per heavy atom. The SMILES string of the molecule is Fc1cccc2c(N3CCCC(CN4CCCCCC4)C3)ncnc12. The Morgan fingerprint density at radius 1 is 1.00 bits per heavy atom. The van der Waals surface area contributed by atoms with Gasteiger partial charge in [0, 0.05) is 25.0 Å². The van der Waals surface area contributed by atoms with Gasteiger partial charge in [0.05, 0.1) is 0 Å². The summed E-state index contributed by atoms with van der Waals surface area (Å²) in [6.07, 6.45) is 9.40. The van der Waals surface area contributed by atoms with Crippen molar-refractivity contribution in [2.75, 3.05) is 37.6 Å². The molecule has 2 aliphatic heterocycles. The summed E-state index contributed by atoms with van der Waals surface area (Å²) in [6.45, 7) is 5.70. The molecule has 1 aromatic heterocycles. The van der Waals surface area contributed by atoms with Crippen LogP contribution in [0.25, 0.3) is 10.9 Å². The predicted octanol–water partition coefficient (Wildman–Crippen LogP) is 3.86. The normalized spacial score (nSPS) is 22.9. The highest BCUT2D eigenvalue weighted by Crippen LogP contribution is 2.29. The van der Waals surface area contributed by atoms with Crippen LogP contribution in [0.2, 0.25) is 0 Å². The quantitative estimate of drug-likeness (QED) is 0.848. The molecule has 2 saturated heterocycles. The van der Waals surface area contributed by atoms with E-state index < -0.39 is 0 Å². The van der Waals surface area contributed by atoms with E-state index in [2.05, 4.69) is 19.8 Å². The molecule has 134 valence electrons. The zero-order valence-electron chi connectivity index (χ0n) is 14.8. The van der Waals surface area contributed by atoms with Crippen molar-refractivity contribution in [3.63, 3.8) is 0 Å². The lowest BCUT2D eigenvalue weighted by molar-refractivity contribution is 0.222. The Bertz CT molecular complexity index is 712. The van der Waals surface area contributed by atoms with Crippen LogP contribution < -0.4 is 4.90 Å². The average Bonchev–Trinajstić information content (AvgIpc) is 2.91. The van der Waals surface area contributed by atoms with Gasteiger partial charge in [-0.1, -0.05) is 18.9 Å². The first kappa shape index (κ1) is 16.7. The van der Waals surface area contributed by atoms with Crippen LogP contribution in [-0.2, 0) is 0 Å². The summed E-state index contributed by atoms with van der Waals surface area (Å²) >= 11 is 0. The van der Waals surface area contributed by atoms with Crippen LogP contribution in [0.4, 0.5) is 10.2 Å². The third kappa shape index (κ3) is 3.76. The second-order valence-electron chi connectivity index (χ2n) is 7.50. The van der Waals surface area contributed by atoms with Gasteiger partial charge in [0.15, 0.2) is 0 Å². The van der Waals surface area contributed by atoms with Crippen molar-refractivity contribution in [3.8, 4) is 0 Å². The Balaban J connectivity index is 1.50. The fourth-order valence-corrected chi connectivity index (χ4v) is 4.38. The number of piperidine rings is 1. The Labute approximate surface area is 149 Å². The standard InChI is InChI=1S/C20H27FN4/c21-18-9-5-8-17-19(18)22-15-23-20(17)25-12-6-7-16(14-25)13-24-10-3-1-2-4-11-24/h5,8-9,15-16H,1-4,6-7,10-14H2. The topological polar surface area (TPSA) is 32.3 Å². The van der Waals surface area contributed by atoms with Crippen molar-refractivity contribution in [1.29, 1.82) is 0 Å². The minimum absolute atomic E-state index is 0.265. The number of hydrogen-bond donors (Lipinski definition) is 0. The molecule has 4 nitrogen and oxygen atoms in total. The third-order valence-corrected chi connectivity index (χ3v) is 5.63. The van der Waals surface area contributed by atoms with E-state index in [0.29, 0.717) is 11.4 Å². The fourth-order valence-electron chi connectivity index (χ4n) is 4.38. The monoisotopic (exact) mass is 342 g/mol.